The third-order valence-electron chi connectivity index (χ3n) is 5.07. The quantitative estimate of drug-likeness (QED) is 0.319. The molecule has 1 heterocycles. The number of hydrogen-bond donors (Lipinski definition) is 1. The van der Waals surface area contributed by atoms with Gasteiger partial charge in [0.25, 0.3) is 9.70 Å². The van der Waals surface area contributed by atoms with Crippen molar-refractivity contribution in [3.63, 3.8) is 0 Å². The van der Waals surface area contributed by atoms with Gasteiger partial charge in [0.05, 0.1) is 23.4 Å². The fourth-order valence-corrected chi connectivity index (χ4v) is 3.65. The standard InChI is InChI=1S/C24H19Cl3FN3O2/c1-15(30-23(32)24(25,26)27)22(16-5-3-2-4-6-16)33-20-11-12-21-17(13-20)14-29-31(21)19-9-7-18(28)8-10-19/h2-15,22H,1H3,(H,30,32)/t15-,22+/m0/s1. The second kappa shape index (κ2) is 9.59. The molecule has 170 valence electrons. The number of fused-ring (bicyclic) bond motifs is 1. The van der Waals surface area contributed by atoms with E-state index in [-0.39, 0.29) is 5.82 Å². The van der Waals surface area contributed by atoms with Crippen LogP contribution in [0.2, 0.25) is 0 Å². The second-order valence-electron chi connectivity index (χ2n) is 7.46. The summed E-state index contributed by atoms with van der Waals surface area (Å²) in [5.41, 5.74) is 2.42. The molecule has 0 saturated carbocycles. The number of amides is 1. The number of nitrogens with one attached hydrogen (secondary N) is 1. The first-order valence-corrected chi connectivity index (χ1v) is 11.2. The predicted molar refractivity (Wildman–Crippen MR) is 129 cm³/mol. The number of benzene rings is 3. The van der Waals surface area contributed by atoms with Crippen LogP contribution in [0, 0.1) is 5.82 Å². The highest BCUT2D eigenvalue weighted by Crippen LogP contribution is 2.31. The highest BCUT2D eigenvalue weighted by atomic mass is 35.6. The van der Waals surface area contributed by atoms with Crippen LogP contribution in [0.5, 0.6) is 5.75 Å². The molecule has 3 aromatic carbocycles. The summed E-state index contributed by atoms with van der Waals surface area (Å²) < 4.78 is 19.2. The SMILES string of the molecule is C[C@H](NC(=O)C(Cl)(Cl)Cl)[C@@H](Oc1ccc2c(cnn2-c2ccc(F)cc2)c1)c1ccccc1. The van der Waals surface area contributed by atoms with E-state index in [9.17, 15) is 9.18 Å². The molecule has 33 heavy (non-hydrogen) atoms. The van der Waals surface area contributed by atoms with Crippen molar-refractivity contribution in [1.82, 2.24) is 15.1 Å². The normalized spacial score (nSPS) is 13.5. The van der Waals surface area contributed by atoms with E-state index < -0.39 is 21.8 Å². The monoisotopic (exact) mass is 505 g/mol. The molecule has 4 aromatic rings. The topological polar surface area (TPSA) is 56.1 Å². The number of alkyl halides is 3. The van der Waals surface area contributed by atoms with Crippen LogP contribution in [0.3, 0.4) is 0 Å². The van der Waals surface area contributed by atoms with Gasteiger partial charge in [-0.3, -0.25) is 4.79 Å². The van der Waals surface area contributed by atoms with E-state index in [4.69, 9.17) is 39.5 Å². The summed E-state index contributed by atoms with van der Waals surface area (Å²) in [6.07, 6.45) is 1.16. The lowest BCUT2D eigenvalue weighted by Crippen LogP contribution is -2.44. The Morgan fingerprint density at radius 1 is 1.06 bits per heavy atom. The van der Waals surface area contributed by atoms with Crippen LogP contribution in [0.15, 0.2) is 79.0 Å². The average molecular weight is 507 g/mol. The van der Waals surface area contributed by atoms with Gasteiger partial charge in [0, 0.05) is 5.39 Å². The minimum Gasteiger partial charge on any atom is -0.484 e. The molecule has 0 fully saturated rings. The molecule has 0 saturated heterocycles. The molecule has 0 spiro atoms. The van der Waals surface area contributed by atoms with E-state index in [2.05, 4.69) is 10.4 Å². The molecule has 5 nitrogen and oxygen atoms in total. The number of carbonyl (C=O) groups is 1. The Hall–Kier alpha value is -2.80. The molecule has 0 unspecified atom stereocenters. The summed E-state index contributed by atoms with van der Waals surface area (Å²) in [4.78, 5) is 12.2. The number of aromatic nitrogens is 2. The minimum absolute atomic E-state index is 0.311. The highest BCUT2D eigenvalue weighted by molar-refractivity contribution is 6.76. The molecule has 0 aliphatic carbocycles. The number of hydrogen-bond acceptors (Lipinski definition) is 3. The van der Waals surface area contributed by atoms with Crippen LogP contribution >= 0.6 is 34.8 Å². The van der Waals surface area contributed by atoms with E-state index >= 15 is 0 Å². The summed E-state index contributed by atoms with van der Waals surface area (Å²) in [6, 6.07) is 20.6. The van der Waals surface area contributed by atoms with Crippen molar-refractivity contribution in [2.24, 2.45) is 0 Å². The predicted octanol–water partition coefficient (Wildman–Crippen LogP) is 6.16. The molecule has 0 bridgehead atoms. The lowest BCUT2D eigenvalue weighted by molar-refractivity contribution is -0.121. The van der Waals surface area contributed by atoms with Crippen molar-refractivity contribution in [3.8, 4) is 11.4 Å². The van der Waals surface area contributed by atoms with Gasteiger partial charge in [-0.05, 0) is 55.0 Å². The Labute approximate surface area is 205 Å². The third kappa shape index (κ3) is 5.41. The lowest BCUT2D eigenvalue weighted by atomic mass is 10.0. The van der Waals surface area contributed by atoms with Crippen LogP contribution in [-0.2, 0) is 4.79 Å². The van der Waals surface area contributed by atoms with Gasteiger partial charge in [0.2, 0.25) is 0 Å². The molecule has 4 rings (SSSR count). The van der Waals surface area contributed by atoms with Gasteiger partial charge in [0.1, 0.15) is 17.7 Å². The molecule has 1 amide bonds. The van der Waals surface area contributed by atoms with Gasteiger partial charge in [-0.1, -0.05) is 65.1 Å². The first-order chi connectivity index (χ1) is 15.7. The summed E-state index contributed by atoms with van der Waals surface area (Å²) in [6.45, 7) is 1.77. The maximum Gasteiger partial charge on any atom is 0.272 e. The zero-order chi connectivity index (χ0) is 23.6. The van der Waals surface area contributed by atoms with Crippen molar-refractivity contribution < 1.29 is 13.9 Å². The van der Waals surface area contributed by atoms with Crippen molar-refractivity contribution >= 4 is 51.6 Å². The number of nitrogens with zero attached hydrogens (tertiary/aromatic N) is 2. The molecule has 1 N–H and O–H groups in total. The fourth-order valence-electron chi connectivity index (χ4n) is 3.48. The minimum atomic E-state index is -2.08. The summed E-state index contributed by atoms with van der Waals surface area (Å²) in [5, 5.41) is 7.95. The Morgan fingerprint density at radius 2 is 1.76 bits per heavy atom. The molecule has 2 atom stereocenters. The van der Waals surface area contributed by atoms with Gasteiger partial charge in [-0.2, -0.15) is 5.10 Å². The molecule has 0 aliphatic rings. The average Bonchev–Trinajstić information content (AvgIpc) is 3.21. The largest absolute Gasteiger partial charge is 0.484 e. The Balaban J connectivity index is 1.62. The molecule has 0 aliphatic heterocycles. The fraction of sp³-hybridized carbons (Fsp3) is 0.167. The van der Waals surface area contributed by atoms with E-state index in [1.807, 2.05) is 48.5 Å². The van der Waals surface area contributed by atoms with Crippen LogP contribution in [-0.4, -0.2) is 25.5 Å². The summed E-state index contributed by atoms with van der Waals surface area (Å²) in [5.74, 6) is -0.473. The first-order valence-electron chi connectivity index (χ1n) is 10.1. The van der Waals surface area contributed by atoms with Crippen LogP contribution in [0.4, 0.5) is 4.39 Å². The zero-order valence-electron chi connectivity index (χ0n) is 17.4. The van der Waals surface area contributed by atoms with Crippen molar-refractivity contribution in [3.05, 3.63) is 90.4 Å². The highest BCUT2D eigenvalue weighted by Gasteiger charge is 2.34. The Kier molecular flexibility index (Phi) is 6.79. The van der Waals surface area contributed by atoms with Crippen molar-refractivity contribution in [2.45, 2.75) is 22.9 Å². The van der Waals surface area contributed by atoms with E-state index in [1.165, 1.54) is 12.1 Å². The van der Waals surface area contributed by atoms with E-state index in [0.29, 0.717) is 5.75 Å². The van der Waals surface area contributed by atoms with Gasteiger partial charge in [0.15, 0.2) is 0 Å². The summed E-state index contributed by atoms with van der Waals surface area (Å²) in [7, 11) is 0. The maximum absolute atomic E-state index is 13.3. The van der Waals surface area contributed by atoms with Gasteiger partial charge in [-0.25, -0.2) is 9.07 Å². The second-order valence-corrected chi connectivity index (χ2v) is 9.74. The Morgan fingerprint density at radius 3 is 2.42 bits per heavy atom. The molecule has 1 aromatic heterocycles. The van der Waals surface area contributed by atoms with Gasteiger partial charge < -0.3 is 10.1 Å². The molecule has 9 heteroatoms. The van der Waals surface area contributed by atoms with Crippen molar-refractivity contribution in [1.29, 1.82) is 0 Å². The number of carbonyl (C=O) groups excluding carboxylic acids is 1. The number of ether oxygens (including phenoxy) is 1. The van der Waals surface area contributed by atoms with Crippen LogP contribution in [0.1, 0.15) is 18.6 Å². The molecular weight excluding hydrogens is 488 g/mol. The maximum atomic E-state index is 13.3. The lowest BCUT2D eigenvalue weighted by Gasteiger charge is -2.27. The van der Waals surface area contributed by atoms with Gasteiger partial charge >= 0.3 is 0 Å². The van der Waals surface area contributed by atoms with E-state index in [0.717, 1.165) is 22.2 Å². The summed E-state index contributed by atoms with van der Waals surface area (Å²) >= 11 is 17.1. The molecule has 0 radical (unpaired) electrons. The van der Waals surface area contributed by atoms with Crippen LogP contribution < -0.4 is 10.1 Å². The van der Waals surface area contributed by atoms with Crippen LogP contribution in [0.25, 0.3) is 16.6 Å². The van der Waals surface area contributed by atoms with Gasteiger partial charge in [-0.15, -0.1) is 0 Å². The zero-order valence-corrected chi connectivity index (χ0v) is 19.7. The van der Waals surface area contributed by atoms with E-state index in [1.54, 1.807) is 29.9 Å². The third-order valence-corrected chi connectivity index (χ3v) is 5.59. The number of halogens is 4. The Bertz CT molecular complexity index is 1260. The molecular formula is C24H19Cl3FN3O2. The number of rotatable bonds is 6. The first kappa shape index (κ1) is 23.4. The smallest absolute Gasteiger partial charge is 0.272 e. The van der Waals surface area contributed by atoms with Crippen molar-refractivity contribution in [2.75, 3.05) is 0 Å².